The first-order valence-corrected chi connectivity index (χ1v) is 7.89. The summed E-state index contributed by atoms with van der Waals surface area (Å²) in [4.78, 5) is 19.4. The molecule has 1 fully saturated rings. The van der Waals surface area contributed by atoms with Crippen LogP contribution in [0.1, 0.15) is 19.3 Å². The number of piperidine rings is 1. The minimum absolute atomic E-state index is 0.102. The molecule has 0 aliphatic carbocycles. The number of rotatable bonds is 5. The smallest absolute Gasteiger partial charge is 0.326 e. The Morgan fingerprint density at radius 2 is 2.43 bits per heavy atom. The summed E-state index contributed by atoms with van der Waals surface area (Å²) in [7, 11) is 0. The van der Waals surface area contributed by atoms with Crippen LogP contribution in [0.3, 0.4) is 0 Å². The van der Waals surface area contributed by atoms with Gasteiger partial charge in [0.2, 0.25) is 0 Å². The molecule has 0 aromatic carbocycles. The third-order valence-corrected chi connectivity index (χ3v) is 4.74. The molecule has 0 amide bonds. The predicted octanol–water partition coefficient (Wildman–Crippen LogP) is 2.40. The van der Waals surface area contributed by atoms with Crippen molar-refractivity contribution in [2.45, 2.75) is 19.3 Å². The quantitative estimate of drug-likeness (QED) is 0.651. The number of hydrogen-bond acceptors (Lipinski definition) is 7. The molecule has 2 aromatic rings. The Bertz CT molecular complexity index is 639. The molecule has 0 spiro atoms. The van der Waals surface area contributed by atoms with Crippen LogP contribution < -0.4 is 10.6 Å². The van der Waals surface area contributed by atoms with E-state index in [1.54, 1.807) is 6.07 Å². The lowest BCUT2D eigenvalue weighted by Gasteiger charge is -2.22. The van der Waals surface area contributed by atoms with E-state index in [2.05, 4.69) is 20.6 Å². The van der Waals surface area contributed by atoms with Gasteiger partial charge in [0.1, 0.15) is 17.0 Å². The maximum absolute atomic E-state index is 10.8. The fourth-order valence-electron chi connectivity index (χ4n) is 2.64. The predicted molar refractivity (Wildman–Crippen MR) is 82.8 cm³/mol. The molecular weight excluding hydrogens is 290 g/mol. The zero-order valence-electron chi connectivity index (χ0n) is 11.5. The van der Waals surface area contributed by atoms with Crippen LogP contribution in [0.15, 0.2) is 12.4 Å². The molecule has 1 atom stereocenters. The summed E-state index contributed by atoms with van der Waals surface area (Å²) in [6.07, 6.45) is 5.02. The van der Waals surface area contributed by atoms with E-state index < -0.39 is 0 Å². The van der Waals surface area contributed by atoms with Crippen LogP contribution in [0.5, 0.6) is 0 Å². The van der Waals surface area contributed by atoms with Crippen molar-refractivity contribution < 1.29 is 4.92 Å². The van der Waals surface area contributed by atoms with Gasteiger partial charge in [-0.2, -0.15) is 0 Å². The molecular formula is C13H17N5O2S. The summed E-state index contributed by atoms with van der Waals surface area (Å²) in [5.41, 5.74) is 0. The molecule has 7 nitrogen and oxygen atoms in total. The van der Waals surface area contributed by atoms with Crippen LogP contribution in [0.4, 0.5) is 10.8 Å². The van der Waals surface area contributed by atoms with Crippen molar-refractivity contribution in [3.63, 3.8) is 0 Å². The van der Waals surface area contributed by atoms with Gasteiger partial charge in [-0.1, -0.05) is 0 Å². The van der Waals surface area contributed by atoms with Crippen molar-refractivity contribution in [2.75, 3.05) is 25.0 Å². The molecule has 8 heteroatoms. The van der Waals surface area contributed by atoms with Crippen LogP contribution in [-0.4, -0.2) is 34.5 Å². The van der Waals surface area contributed by atoms with Gasteiger partial charge in [0.05, 0.1) is 10.3 Å². The van der Waals surface area contributed by atoms with Crippen LogP contribution >= 0.6 is 11.3 Å². The molecule has 1 unspecified atom stereocenters. The molecule has 1 aliphatic heterocycles. The zero-order valence-corrected chi connectivity index (χ0v) is 12.4. The maximum atomic E-state index is 10.8. The average molecular weight is 307 g/mol. The number of fused-ring (bicyclic) bond motifs is 1. The molecule has 3 heterocycles. The molecule has 3 rings (SSSR count). The van der Waals surface area contributed by atoms with Crippen molar-refractivity contribution in [3.05, 3.63) is 22.5 Å². The molecule has 0 bridgehead atoms. The van der Waals surface area contributed by atoms with Gasteiger partial charge in [0.15, 0.2) is 0 Å². The summed E-state index contributed by atoms with van der Waals surface area (Å²) in [6, 6.07) is 1.55. The van der Waals surface area contributed by atoms with Gasteiger partial charge >= 0.3 is 5.00 Å². The lowest BCUT2D eigenvalue weighted by Crippen LogP contribution is -2.30. The van der Waals surface area contributed by atoms with Gasteiger partial charge in [-0.15, -0.1) is 0 Å². The Balaban J connectivity index is 1.67. The first-order valence-electron chi connectivity index (χ1n) is 7.07. The van der Waals surface area contributed by atoms with Gasteiger partial charge < -0.3 is 10.6 Å². The topological polar surface area (TPSA) is 93.0 Å². The lowest BCUT2D eigenvalue weighted by molar-refractivity contribution is -0.380. The van der Waals surface area contributed by atoms with Gasteiger partial charge in [-0.25, -0.2) is 9.97 Å². The largest absolute Gasteiger partial charge is 0.369 e. The lowest BCUT2D eigenvalue weighted by atomic mass is 9.96. The second kappa shape index (κ2) is 6.31. The van der Waals surface area contributed by atoms with E-state index in [4.69, 9.17) is 0 Å². The highest BCUT2D eigenvalue weighted by Crippen LogP contribution is 2.32. The number of aromatic nitrogens is 2. The number of anilines is 1. The Morgan fingerprint density at radius 3 is 3.19 bits per heavy atom. The van der Waals surface area contributed by atoms with Gasteiger partial charge in [-0.05, 0) is 49.6 Å². The van der Waals surface area contributed by atoms with E-state index >= 15 is 0 Å². The van der Waals surface area contributed by atoms with Crippen molar-refractivity contribution in [3.8, 4) is 0 Å². The number of hydrogen-bond donors (Lipinski definition) is 2. The molecule has 1 aliphatic rings. The normalized spacial score (nSPS) is 18.8. The monoisotopic (exact) mass is 307 g/mol. The minimum atomic E-state index is -0.385. The van der Waals surface area contributed by atoms with E-state index in [1.165, 1.54) is 19.2 Å². The number of thiophene rings is 1. The van der Waals surface area contributed by atoms with E-state index in [0.29, 0.717) is 16.6 Å². The van der Waals surface area contributed by atoms with Crippen molar-refractivity contribution in [1.29, 1.82) is 0 Å². The number of nitro groups is 1. The van der Waals surface area contributed by atoms with E-state index in [0.717, 1.165) is 42.8 Å². The van der Waals surface area contributed by atoms with Crippen LogP contribution in [-0.2, 0) is 0 Å². The first kappa shape index (κ1) is 14.2. The van der Waals surface area contributed by atoms with Gasteiger partial charge in [-0.3, -0.25) is 10.1 Å². The number of nitrogens with zero attached hydrogens (tertiary/aromatic N) is 3. The molecule has 0 saturated carbocycles. The first-order chi connectivity index (χ1) is 10.2. The Morgan fingerprint density at radius 1 is 1.52 bits per heavy atom. The molecule has 1 saturated heterocycles. The molecule has 2 N–H and O–H groups in total. The number of nitrogens with one attached hydrogen (secondary N) is 2. The summed E-state index contributed by atoms with van der Waals surface area (Å²) in [5.74, 6) is 1.38. The van der Waals surface area contributed by atoms with Gasteiger partial charge in [0, 0.05) is 12.6 Å². The summed E-state index contributed by atoms with van der Waals surface area (Å²) < 4.78 is 0. The summed E-state index contributed by atoms with van der Waals surface area (Å²) in [5, 5.41) is 18.4. The van der Waals surface area contributed by atoms with Crippen molar-refractivity contribution >= 4 is 32.4 Å². The highest BCUT2D eigenvalue weighted by molar-refractivity contribution is 7.21. The molecule has 0 radical (unpaired) electrons. The van der Waals surface area contributed by atoms with Crippen LogP contribution in [0.2, 0.25) is 0 Å². The highest BCUT2D eigenvalue weighted by Gasteiger charge is 2.16. The summed E-state index contributed by atoms with van der Waals surface area (Å²) >= 11 is 1.08. The Kier molecular flexibility index (Phi) is 4.26. The van der Waals surface area contributed by atoms with E-state index in [-0.39, 0.29) is 9.92 Å². The fraction of sp³-hybridized carbons (Fsp3) is 0.538. The van der Waals surface area contributed by atoms with Crippen LogP contribution in [0, 0.1) is 16.0 Å². The van der Waals surface area contributed by atoms with Crippen LogP contribution in [0.25, 0.3) is 10.2 Å². The fourth-order valence-corrected chi connectivity index (χ4v) is 3.45. The molecule has 112 valence electrons. The average Bonchev–Trinajstić information content (AvgIpc) is 2.94. The second-order valence-electron chi connectivity index (χ2n) is 5.21. The minimum Gasteiger partial charge on any atom is -0.369 e. The van der Waals surface area contributed by atoms with E-state index in [9.17, 15) is 10.1 Å². The zero-order chi connectivity index (χ0) is 14.7. The van der Waals surface area contributed by atoms with Gasteiger partial charge in [0.25, 0.3) is 0 Å². The Labute approximate surface area is 125 Å². The third kappa shape index (κ3) is 3.27. The Hall–Kier alpha value is -1.80. The maximum Gasteiger partial charge on any atom is 0.326 e. The van der Waals surface area contributed by atoms with E-state index in [1.807, 2.05) is 0 Å². The van der Waals surface area contributed by atoms with Crippen molar-refractivity contribution in [2.24, 2.45) is 5.92 Å². The highest BCUT2D eigenvalue weighted by atomic mass is 32.1. The molecule has 2 aromatic heterocycles. The standard InChI is InChI=1S/C13H17N5O2S/c19-18(20)11-6-10-12(16-8-17-13(10)21-11)15-5-3-9-2-1-4-14-7-9/h6,8-9,14H,1-5,7H2,(H,15,16,17). The SMILES string of the molecule is O=[N+]([O-])c1cc2c(NCCC3CCCNC3)ncnc2s1. The summed E-state index contributed by atoms with van der Waals surface area (Å²) in [6.45, 7) is 3.02. The van der Waals surface area contributed by atoms with Crippen molar-refractivity contribution in [1.82, 2.24) is 15.3 Å². The molecule has 21 heavy (non-hydrogen) atoms. The second-order valence-corrected chi connectivity index (χ2v) is 6.22. The third-order valence-electron chi connectivity index (χ3n) is 3.74.